The van der Waals surface area contributed by atoms with E-state index in [0.717, 1.165) is 10.2 Å². The van der Waals surface area contributed by atoms with E-state index in [1.165, 1.54) is 0 Å². The van der Waals surface area contributed by atoms with Crippen LogP contribution in [0.4, 0.5) is 4.79 Å². The highest BCUT2D eigenvalue weighted by atomic mass is 79.9. The van der Waals surface area contributed by atoms with Crippen LogP contribution in [0, 0.1) is 6.92 Å². The summed E-state index contributed by atoms with van der Waals surface area (Å²) in [4.78, 5) is 18.3. The molecule has 1 fully saturated rings. The third-order valence-electron chi connectivity index (χ3n) is 3.97. The molecule has 2 unspecified atom stereocenters. The zero-order valence-electron chi connectivity index (χ0n) is 15.1. The Kier molecular flexibility index (Phi) is 5.44. The number of hydrogen-bond acceptors (Lipinski definition) is 5. The number of pyridine rings is 1. The number of methoxy groups -OCH3 is 1. The van der Waals surface area contributed by atoms with Crippen molar-refractivity contribution in [2.24, 2.45) is 0 Å². The lowest BCUT2D eigenvalue weighted by atomic mass is 10.0. The van der Waals surface area contributed by atoms with E-state index in [4.69, 9.17) is 14.2 Å². The minimum absolute atomic E-state index is 0.315. The number of rotatable bonds is 3. The van der Waals surface area contributed by atoms with Gasteiger partial charge in [-0.3, -0.25) is 4.98 Å². The van der Waals surface area contributed by atoms with Crippen LogP contribution >= 0.6 is 15.9 Å². The summed E-state index contributed by atoms with van der Waals surface area (Å²) < 4.78 is 18.1. The molecule has 0 spiro atoms. The van der Waals surface area contributed by atoms with Crippen molar-refractivity contribution in [1.82, 2.24) is 9.88 Å². The average Bonchev–Trinajstić information content (AvgIpc) is 2.79. The first-order valence-electron chi connectivity index (χ1n) is 7.86. The highest BCUT2D eigenvalue weighted by Crippen LogP contribution is 2.31. The molecule has 7 heteroatoms. The van der Waals surface area contributed by atoms with E-state index in [-0.39, 0.29) is 12.2 Å². The van der Waals surface area contributed by atoms with Crippen molar-refractivity contribution >= 4 is 22.0 Å². The Morgan fingerprint density at radius 2 is 2.12 bits per heavy atom. The highest BCUT2D eigenvalue weighted by molar-refractivity contribution is 9.10. The minimum atomic E-state index is -0.619. The summed E-state index contributed by atoms with van der Waals surface area (Å²) in [5, 5.41) is 0. The second-order valence-corrected chi connectivity index (χ2v) is 8.14. The molecular weight excluding hydrogens is 376 g/mol. The summed E-state index contributed by atoms with van der Waals surface area (Å²) >= 11 is 3.40. The standard InChI is InChI=1S/C17H25BrN2O4/c1-11-13(7-12(18)8-19-11)23-14-9-20(10-17(14,5)22-6)15(21)24-16(2,3)4/h7-8,14H,9-10H2,1-6H3. The largest absolute Gasteiger partial charge is 0.484 e. The molecule has 24 heavy (non-hydrogen) atoms. The van der Waals surface area contributed by atoms with E-state index in [0.29, 0.717) is 18.8 Å². The Bertz CT molecular complexity index is 617. The number of aromatic nitrogens is 1. The maximum absolute atomic E-state index is 12.4. The fourth-order valence-electron chi connectivity index (χ4n) is 2.52. The summed E-state index contributed by atoms with van der Waals surface area (Å²) in [6.07, 6.45) is 1.05. The zero-order valence-corrected chi connectivity index (χ0v) is 16.6. The van der Waals surface area contributed by atoms with Gasteiger partial charge in [-0.25, -0.2) is 4.79 Å². The van der Waals surface area contributed by atoms with Gasteiger partial charge in [-0.15, -0.1) is 0 Å². The molecule has 0 N–H and O–H groups in total. The Balaban J connectivity index is 2.17. The lowest BCUT2D eigenvalue weighted by molar-refractivity contribution is -0.0494. The van der Waals surface area contributed by atoms with Gasteiger partial charge in [0.25, 0.3) is 0 Å². The van der Waals surface area contributed by atoms with E-state index < -0.39 is 11.2 Å². The number of aryl methyl sites for hydroxylation is 1. The molecule has 0 aromatic carbocycles. The van der Waals surface area contributed by atoms with Gasteiger partial charge in [0.15, 0.2) is 0 Å². The van der Waals surface area contributed by atoms with Gasteiger partial charge in [-0.1, -0.05) is 0 Å². The summed E-state index contributed by atoms with van der Waals surface area (Å²) in [5.74, 6) is 0.670. The first-order valence-corrected chi connectivity index (χ1v) is 8.65. The Hall–Kier alpha value is -1.34. The molecule has 1 saturated heterocycles. The molecule has 2 atom stereocenters. The van der Waals surface area contributed by atoms with E-state index in [1.54, 1.807) is 18.2 Å². The predicted octanol–water partition coefficient (Wildman–Crippen LogP) is 3.56. The smallest absolute Gasteiger partial charge is 0.410 e. The topological polar surface area (TPSA) is 60.9 Å². The lowest BCUT2D eigenvalue weighted by Crippen LogP contribution is -2.44. The predicted molar refractivity (Wildman–Crippen MR) is 94.3 cm³/mol. The fraction of sp³-hybridized carbons (Fsp3) is 0.647. The number of ether oxygens (including phenoxy) is 3. The Labute approximate surface area is 151 Å². The van der Waals surface area contributed by atoms with E-state index in [1.807, 2.05) is 40.7 Å². The molecule has 2 heterocycles. The maximum atomic E-state index is 12.4. The number of amides is 1. The third-order valence-corrected chi connectivity index (χ3v) is 4.40. The molecular formula is C17H25BrN2O4. The van der Waals surface area contributed by atoms with Gasteiger partial charge < -0.3 is 19.1 Å². The molecule has 0 aliphatic carbocycles. The second-order valence-electron chi connectivity index (χ2n) is 7.22. The molecule has 134 valence electrons. The monoisotopic (exact) mass is 400 g/mol. The van der Waals surface area contributed by atoms with Crippen LogP contribution in [0.25, 0.3) is 0 Å². The zero-order chi connectivity index (χ0) is 18.1. The van der Waals surface area contributed by atoms with Gasteiger partial charge in [0.1, 0.15) is 23.1 Å². The van der Waals surface area contributed by atoms with Gasteiger partial charge in [-0.05, 0) is 56.6 Å². The molecule has 0 saturated carbocycles. The lowest BCUT2D eigenvalue weighted by Gasteiger charge is -2.29. The van der Waals surface area contributed by atoms with Crippen molar-refractivity contribution in [2.75, 3.05) is 20.2 Å². The van der Waals surface area contributed by atoms with Crippen molar-refractivity contribution in [1.29, 1.82) is 0 Å². The quantitative estimate of drug-likeness (QED) is 0.775. The van der Waals surface area contributed by atoms with E-state index in [9.17, 15) is 4.79 Å². The molecule has 0 radical (unpaired) electrons. The molecule has 1 aliphatic heterocycles. The minimum Gasteiger partial charge on any atom is -0.484 e. The number of nitrogens with zero attached hydrogens (tertiary/aromatic N) is 2. The molecule has 2 rings (SSSR count). The molecule has 1 aliphatic rings. The summed E-state index contributed by atoms with van der Waals surface area (Å²) in [5.41, 5.74) is -0.372. The van der Waals surface area contributed by atoms with Gasteiger partial charge in [-0.2, -0.15) is 0 Å². The molecule has 1 amide bonds. The van der Waals surface area contributed by atoms with Crippen molar-refractivity contribution in [3.63, 3.8) is 0 Å². The molecule has 0 bridgehead atoms. The second kappa shape index (κ2) is 6.88. The van der Waals surface area contributed by atoms with Gasteiger partial charge in [0.05, 0.1) is 18.8 Å². The summed E-state index contributed by atoms with van der Waals surface area (Å²) in [6, 6.07) is 1.87. The van der Waals surface area contributed by atoms with E-state index in [2.05, 4.69) is 20.9 Å². The number of carbonyl (C=O) groups is 1. The molecule has 1 aromatic rings. The number of hydrogen-bond donors (Lipinski definition) is 0. The van der Waals surface area contributed by atoms with Gasteiger partial charge in [0.2, 0.25) is 0 Å². The van der Waals surface area contributed by atoms with Crippen LogP contribution < -0.4 is 4.74 Å². The molecule has 1 aromatic heterocycles. The first kappa shape index (κ1) is 19.0. The van der Waals surface area contributed by atoms with E-state index >= 15 is 0 Å². The van der Waals surface area contributed by atoms with Crippen molar-refractivity contribution < 1.29 is 19.0 Å². The number of halogens is 1. The third kappa shape index (κ3) is 4.39. The molecule has 6 nitrogen and oxygen atoms in total. The van der Waals surface area contributed by atoms with Crippen molar-refractivity contribution in [2.45, 2.75) is 51.9 Å². The van der Waals surface area contributed by atoms with Crippen LogP contribution in [-0.2, 0) is 9.47 Å². The fourth-order valence-corrected chi connectivity index (χ4v) is 2.83. The highest BCUT2D eigenvalue weighted by Gasteiger charge is 2.48. The van der Waals surface area contributed by atoms with Crippen LogP contribution in [0.3, 0.4) is 0 Å². The van der Waals surface area contributed by atoms with Crippen LogP contribution in [0.1, 0.15) is 33.4 Å². The maximum Gasteiger partial charge on any atom is 0.410 e. The number of carbonyl (C=O) groups excluding carboxylic acids is 1. The SMILES string of the molecule is COC1(C)CN(C(=O)OC(C)(C)C)CC1Oc1cc(Br)cnc1C. The normalized spacial score (nSPS) is 24.1. The van der Waals surface area contributed by atoms with Gasteiger partial charge in [0, 0.05) is 17.8 Å². The van der Waals surface area contributed by atoms with Crippen molar-refractivity contribution in [3.8, 4) is 5.75 Å². The first-order chi connectivity index (χ1) is 11.0. The summed E-state index contributed by atoms with van der Waals surface area (Å²) in [7, 11) is 1.63. The van der Waals surface area contributed by atoms with Crippen LogP contribution in [0.2, 0.25) is 0 Å². The van der Waals surface area contributed by atoms with Gasteiger partial charge >= 0.3 is 6.09 Å². The average molecular weight is 401 g/mol. The summed E-state index contributed by atoms with van der Waals surface area (Å²) in [6.45, 7) is 10.2. The Morgan fingerprint density at radius 1 is 1.46 bits per heavy atom. The van der Waals surface area contributed by atoms with Crippen LogP contribution in [-0.4, -0.2) is 53.5 Å². The van der Waals surface area contributed by atoms with Crippen LogP contribution in [0.5, 0.6) is 5.75 Å². The van der Waals surface area contributed by atoms with Crippen molar-refractivity contribution in [3.05, 3.63) is 22.4 Å². The Morgan fingerprint density at radius 3 is 2.71 bits per heavy atom. The number of likely N-dealkylation sites (tertiary alicyclic amines) is 1. The van der Waals surface area contributed by atoms with Crippen LogP contribution in [0.15, 0.2) is 16.7 Å².